The van der Waals surface area contributed by atoms with E-state index in [-0.39, 0.29) is 17.1 Å². The van der Waals surface area contributed by atoms with E-state index in [0.29, 0.717) is 19.5 Å². The van der Waals surface area contributed by atoms with E-state index in [9.17, 15) is 8.42 Å². The maximum atomic E-state index is 11.3. The Hall–Kier alpha value is -0.130. The second kappa shape index (κ2) is 6.37. The lowest BCUT2D eigenvalue weighted by Crippen LogP contribution is -2.28. The second-order valence-corrected chi connectivity index (χ2v) is 6.48. The van der Waals surface area contributed by atoms with E-state index in [1.165, 1.54) is 0 Å². The summed E-state index contributed by atoms with van der Waals surface area (Å²) in [5, 5.41) is 11.6. The van der Waals surface area contributed by atoms with Crippen molar-refractivity contribution in [1.29, 1.82) is 0 Å². The molecule has 2 N–H and O–H groups in total. The summed E-state index contributed by atoms with van der Waals surface area (Å²) in [4.78, 5) is 0. The Bertz CT molecular complexity index is 234. The van der Waals surface area contributed by atoms with Crippen molar-refractivity contribution in [1.82, 2.24) is 5.32 Å². The van der Waals surface area contributed by atoms with E-state index < -0.39 is 9.84 Å². The molecule has 1 unspecified atom stereocenters. The smallest absolute Gasteiger partial charge is 0.153 e. The van der Waals surface area contributed by atoms with Crippen LogP contribution in [0.1, 0.15) is 27.2 Å². The molecule has 0 radical (unpaired) electrons. The maximum Gasteiger partial charge on any atom is 0.153 e. The van der Waals surface area contributed by atoms with Crippen molar-refractivity contribution >= 4 is 9.84 Å². The molecule has 0 aromatic rings. The predicted octanol–water partition coefficient (Wildman–Crippen LogP) is 0.170. The zero-order chi connectivity index (χ0) is 11.2. The molecule has 0 aliphatic heterocycles. The van der Waals surface area contributed by atoms with E-state index in [0.717, 1.165) is 0 Å². The maximum absolute atomic E-state index is 11.3. The molecular formula is C9H21NO3S. The van der Waals surface area contributed by atoms with Crippen LogP contribution in [0.4, 0.5) is 0 Å². The van der Waals surface area contributed by atoms with Gasteiger partial charge in [-0.1, -0.05) is 0 Å². The third-order valence-electron chi connectivity index (χ3n) is 2.02. The normalized spacial score (nSPS) is 14.6. The van der Waals surface area contributed by atoms with Crippen molar-refractivity contribution in [3.63, 3.8) is 0 Å². The molecule has 0 amide bonds. The topological polar surface area (TPSA) is 66.4 Å². The van der Waals surface area contributed by atoms with Gasteiger partial charge in [0.05, 0.1) is 17.1 Å². The van der Waals surface area contributed by atoms with Crippen LogP contribution in [0.5, 0.6) is 0 Å². The minimum absolute atomic E-state index is 0.171. The molecule has 0 spiro atoms. The summed E-state index contributed by atoms with van der Waals surface area (Å²) in [6, 6.07) is 0. The summed E-state index contributed by atoms with van der Waals surface area (Å²) in [6.07, 6.45) is 0.325. The number of hydrogen-bond donors (Lipinski definition) is 2. The number of aliphatic hydroxyl groups is 1. The SMILES string of the molecule is CC(O)CCNCCS(=O)(=O)C(C)C. The Morgan fingerprint density at radius 2 is 1.79 bits per heavy atom. The fraction of sp³-hybridized carbons (Fsp3) is 1.00. The van der Waals surface area contributed by atoms with Gasteiger partial charge in [0, 0.05) is 6.54 Å². The predicted molar refractivity (Wildman–Crippen MR) is 58.1 cm³/mol. The number of aliphatic hydroxyl groups excluding tert-OH is 1. The quantitative estimate of drug-likeness (QED) is 0.604. The van der Waals surface area contributed by atoms with Crippen molar-refractivity contribution in [2.24, 2.45) is 0 Å². The lowest BCUT2D eigenvalue weighted by Gasteiger charge is -2.09. The highest BCUT2D eigenvalue weighted by atomic mass is 32.2. The molecule has 86 valence electrons. The molecule has 5 heteroatoms. The van der Waals surface area contributed by atoms with Crippen LogP contribution in [-0.4, -0.2) is 43.7 Å². The highest BCUT2D eigenvalue weighted by Gasteiger charge is 2.14. The van der Waals surface area contributed by atoms with Crippen LogP contribution in [0.25, 0.3) is 0 Å². The molecule has 0 aliphatic carbocycles. The van der Waals surface area contributed by atoms with Gasteiger partial charge in [-0.25, -0.2) is 8.42 Å². The highest BCUT2D eigenvalue weighted by Crippen LogP contribution is 1.99. The van der Waals surface area contributed by atoms with Gasteiger partial charge in [-0.15, -0.1) is 0 Å². The average molecular weight is 223 g/mol. The molecule has 0 fully saturated rings. The Morgan fingerprint density at radius 1 is 1.21 bits per heavy atom. The lowest BCUT2D eigenvalue weighted by atomic mass is 10.3. The Labute approximate surface area is 86.6 Å². The molecule has 14 heavy (non-hydrogen) atoms. The monoisotopic (exact) mass is 223 g/mol. The molecule has 4 nitrogen and oxygen atoms in total. The molecule has 0 bridgehead atoms. The largest absolute Gasteiger partial charge is 0.393 e. The van der Waals surface area contributed by atoms with Crippen LogP contribution >= 0.6 is 0 Å². The van der Waals surface area contributed by atoms with Gasteiger partial charge in [-0.05, 0) is 33.7 Å². The van der Waals surface area contributed by atoms with Crippen LogP contribution in [-0.2, 0) is 9.84 Å². The average Bonchev–Trinajstić information content (AvgIpc) is 2.02. The van der Waals surface area contributed by atoms with Gasteiger partial charge in [0.1, 0.15) is 0 Å². The van der Waals surface area contributed by atoms with Gasteiger partial charge < -0.3 is 10.4 Å². The minimum atomic E-state index is -2.92. The molecular weight excluding hydrogens is 202 g/mol. The van der Waals surface area contributed by atoms with Gasteiger partial charge in [0.15, 0.2) is 9.84 Å². The summed E-state index contributed by atoms with van der Waals surface area (Å²) in [6.45, 7) is 6.21. The Kier molecular flexibility index (Phi) is 6.31. The van der Waals surface area contributed by atoms with Gasteiger partial charge in [0.25, 0.3) is 0 Å². The molecule has 0 aromatic heterocycles. The third-order valence-corrected chi connectivity index (χ3v) is 4.23. The van der Waals surface area contributed by atoms with Crippen molar-refractivity contribution in [2.75, 3.05) is 18.8 Å². The fourth-order valence-electron chi connectivity index (χ4n) is 0.886. The van der Waals surface area contributed by atoms with Crippen LogP contribution < -0.4 is 5.32 Å². The van der Waals surface area contributed by atoms with E-state index >= 15 is 0 Å². The number of sulfone groups is 1. The van der Waals surface area contributed by atoms with Crippen molar-refractivity contribution in [2.45, 2.75) is 38.5 Å². The van der Waals surface area contributed by atoms with E-state index in [4.69, 9.17) is 5.11 Å². The minimum Gasteiger partial charge on any atom is -0.393 e. The lowest BCUT2D eigenvalue weighted by molar-refractivity contribution is 0.184. The first-order valence-electron chi connectivity index (χ1n) is 4.96. The summed E-state index contributed by atoms with van der Waals surface area (Å²) in [5.74, 6) is 0.171. The second-order valence-electron chi connectivity index (χ2n) is 3.80. The van der Waals surface area contributed by atoms with Crippen LogP contribution in [0.2, 0.25) is 0 Å². The van der Waals surface area contributed by atoms with E-state index in [1.54, 1.807) is 20.8 Å². The molecule has 0 aromatic carbocycles. The first kappa shape index (κ1) is 13.9. The third kappa shape index (κ3) is 6.34. The molecule has 0 aliphatic rings. The van der Waals surface area contributed by atoms with Crippen molar-refractivity contribution in [3.8, 4) is 0 Å². The Morgan fingerprint density at radius 3 is 2.21 bits per heavy atom. The van der Waals surface area contributed by atoms with Crippen LogP contribution in [0.15, 0.2) is 0 Å². The zero-order valence-corrected chi connectivity index (χ0v) is 9.97. The van der Waals surface area contributed by atoms with E-state index in [2.05, 4.69) is 5.32 Å². The molecule has 1 atom stereocenters. The molecule has 0 heterocycles. The Balaban J connectivity index is 3.55. The van der Waals surface area contributed by atoms with Gasteiger partial charge in [-0.3, -0.25) is 0 Å². The molecule has 0 saturated carbocycles. The van der Waals surface area contributed by atoms with Crippen molar-refractivity contribution in [3.05, 3.63) is 0 Å². The first-order chi connectivity index (χ1) is 6.36. The first-order valence-corrected chi connectivity index (χ1v) is 6.68. The highest BCUT2D eigenvalue weighted by molar-refractivity contribution is 7.92. The number of hydrogen-bond acceptors (Lipinski definition) is 4. The van der Waals surface area contributed by atoms with Gasteiger partial charge in [0.2, 0.25) is 0 Å². The van der Waals surface area contributed by atoms with Crippen molar-refractivity contribution < 1.29 is 13.5 Å². The number of nitrogens with one attached hydrogen (secondary N) is 1. The van der Waals surface area contributed by atoms with Crippen LogP contribution in [0.3, 0.4) is 0 Å². The molecule has 0 rings (SSSR count). The summed E-state index contributed by atoms with van der Waals surface area (Å²) >= 11 is 0. The summed E-state index contributed by atoms with van der Waals surface area (Å²) < 4.78 is 22.7. The van der Waals surface area contributed by atoms with Gasteiger partial charge >= 0.3 is 0 Å². The number of rotatable bonds is 7. The molecule has 0 saturated heterocycles. The summed E-state index contributed by atoms with van der Waals surface area (Å²) in [7, 11) is -2.92. The fourth-order valence-corrected chi connectivity index (χ4v) is 1.79. The standard InChI is InChI=1S/C9H21NO3S/c1-8(2)14(12,13)7-6-10-5-4-9(3)11/h8-11H,4-7H2,1-3H3. The van der Waals surface area contributed by atoms with E-state index in [1.807, 2.05) is 0 Å². The van der Waals surface area contributed by atoms with Crippen LogP contribution in [0, 0.1) is 0 Å². The van der Waals surface area contributed by atoms with Gasteiger partial charge in [-0.2, -0.15) is 0 Å². The summed E-state index contributed by atoms with van der Waals surface area (Å²) in [5.41, 5.74) is 0. The zero-order valence-electron chi connectivity index (χ0n) is 9.16.